The number of hydrogen-bond acceptors (Lipinski definition) is 2. The van der Waals surface area contributed by atoms with E-state index in [9.17, 15) is 9.18 Å². The zero-order valence-electron chi connectivity index (χ0n) is 14.2. The van der Waals surface area contributed by atoms with Gasteiger partial charge in [0, 0.05) is 12.5 Å². The molecule has 1 atom stereocenters. The van der Waals surface area contributed by atoms with Crippen molar-refractivity contribution >= 4 is 5.78 Å². The molecule has 1 aromatic rings. The highest BCUT2D eigenvalue weighted by Crippen LogP contribution is 2.26. The third-order valence-corrected chi connectivity index (χ3v) is 4.83. The molecule has 1 aliphatic heterocycles. The van der Waals surface area contributed by atoms with Crippen LogP contribution >= 0.6 is 0 Å². The molecular formula is C19H28FNO. The highest BCUT2D eigenvalue weighted by molar-refractivity contribution is 5.87. The largest absolute Gasteiger partial charge is 0.302 e. The second-order valence-electron chi connectivity index (χ2n) is 7.10. The average Bonchev–Trinajstić information content (AvgIpc) is 2.49. The molecule has 0 saturated carbocycles. The zero-order valence-corrected chi connectivity index (χ0v) is 14.2. The molecule has 0 unspecified atom stereocenters. The molecule has 22 heavy (non-hydrogen) atoms. The molecule has 3 heteroatoms. The van der Waals surface area contributed by atoms with Gasteiger partial charge in [0.05, 0.1) is 5.92 Å². The Morgan fingerprint density at radius 1 is 1.32 bits per heavy atom. The van der Waals surface area contributed by atoms with Crippen molar-refractivity contribution in [1.29, 1.82) is 0 Å². The predicted octanol–water partition coefficient (Wildman–Crippen LogP) is 4.17. The summed E-state index contributed by atoms with van der Waals surface area (Å²) in [6, 6.07) is 5.24. The summed E-state index contributed by atoms with van der Waals surface area (Å²) in [5.74, 6) is 0.516. The number of hydrogen-bond donors (Lipinski definition) is 0. The number of likely N-dealkylation sites (tertiary alicyclic amines) is 1. The smallest absolute Gasteiger partial charge is 0.144 e. The molecule has 0 radical (unpaired) electrons. The summed E-state index contributed by atoms with van der Waals surface area (Å²) >= 11 is 0. The van der Waals surface area contributed by atoms with Crippen molar-refractivity contribution in [3.05, 3.63) is 35.1 Å². The SMILES string of the molecule is Cc1ccc([C@H](CN2CCC(C)CC2)C(=O)C(C)C)cc1F. The van der Waals surface area contributed by atoms with Crippen LogP contribution in [0, 0.1) is 24.6 Å². The summed E-state index contributed by atoms with van der Waals surface area (Å²) in [6.07, 6.45) is 2.37. The molecule has 1 aromatic carbocycles. The number of carbonyl (C=O) groups excluding carboxylic acids is 1. The van der Waals surface area contributed by atoms with E-state index in [0.29, 0.717) is 12.1 Å². The first kappa shape index (κ1) is 17.1. The van der Waals surface area contributed by atoms with Crippen LogP contribution in [-0.2, 0) is 4.79 Å². The molecule has 1 fully saturated rings. The molecule has 1 saturated heterocycles. The van der Waals surface area contributed by atoms with Crippen LogP contribution in [0.1, 0.15) is 50.7 Å². The molecule has 1 aliphatic rings. The maximum Gasteiger partial charge on any atom is 0.144 e. The summed E-state index contributed by atoms with van der Waals surface area (Å²) in [5, 5.41) is 0. The molecule has 0 aliphatic carbocycles. The molecule has 1 heterocycles. The molecule has 0 amide bonds. The minimum Gasteiger partial charge on any atom is -0.302 e. The Balaban J connectivity index is 2.19. The second kappa shape index (κ2) is 7.36. The molecule has 0 N–H and O–H groups in total. The second-order valence-corrected chi connectivity index (χ2v) is 7.10. The van der Waals surface area contributed by atoms with Crippen molar-refractivity contribution in [1.82, 2.24) is 4.90 Å². The Morgan fingerprint density at radius 3 is 2.50 bits per heavy atom. The van der Waals surface area contributed by atoms with Crippen molar-refractivity contribution in [2.24, 2.45) is 11.8 Å². The molecule has 0 bridgehead atoms. The number of ketones is 1. The molecule has 0 spiro atoms. The Labute approximate surface area is 133 Å². The van der Waals surface area contributed by atoms with Crippen molar-refractivity contribution < 1.29 is 9.18 Å². The van der Waals surface area contributed by atoms with Crippen LogP contribution in [0.5, 0.6) is 0 Å². The number of nitrogens with zero attached hydrogens (tertiary/aromatic N) is 1. The van der Waals surface area contributed by atoms with E-state index in [2.05, 4.69) is 11.8 Å². The van der Waals surface area contributed by atoms with Gasteiger partial charge < -0.3 is 4.90 Å². The third-order valence-electron chi connectivity index (χ3n) is 4.83. The first-order valence-corrected chi connectivity index (χ1v) is 8.40. The van der Waals surface area contributed by atoms with Gasteiger partial charge in [-0.15, -0.1) is 0 Å². The fourth-order valence-corrected chi connectivity index (χ4v) is 3.09. The number of piperidine rings is 1. The average molecular weight is 305 g/mol. The summed E-state index contributed by atoms with van der Waals surface area (Å²) < 4.78 is 13.9. The van der Waals surface area contributed by atoms with E-state index in [4.69, 9.17) is 0 Å². The number of carbonyl (C=O) groups is 1. The maximum absolute atomic E-state index is 13.9. The number of benzene rings is 1. The number of Topliss-reactive ketones (excluding diaryl/α,β-unsaturated/α-hetero) is 1. The van der Waals surface area contributed by atoms with Crippen molar-refractivity contribution in [2.75, 3.05) is 19.6 Å². The zero-order chi connectivity index (χ0) is 16.3. The topological polar surface area (TPSA) is 20.3 Å². The third kappa shape index (κ3) is 4.16. The molecule has 2 nitrogen and oxygen atoms in total. The fraction of sp³-hybridized carbons (Fsp3) is 0.632. The van der Waals surface area contributed by atoms with E-state index in [1.54, 1.807) is 19.1 Å². The van der Waals surface area contributed by atoms with Gasteiger partial charge in [-0.05, 0) is 56.0 Å². The van der Waals surface area contributed by atoms with Crippen LogP contribution < -0.4 is 0 Å². The maximum atomic E-state index is 13.9. The lowest BCUT2D eigenvalue weighted by Gasteiger charge is -2.33. The molecular weight excluding hydrogens is 277 g/mol. The first-order chi connectivity index (χ1) is 10.4. The van der Waals surface area contributed by atoms with Gasteiger partial charge in [-0.3, -0.25) is 4.79 Å². The van der Waals surface area contributed by atoms with E-state index in [0.717, 1.165) is 24.6 Å². The van der Waals surface area contributed by atoms with E-state index >= 15 is 0 Å². The summed E-state index contributed by atoms with van der Waals surface area (Å²) in [4.78, 5) is 15.0. The Morgan fingerprint density at radius 2 is 1.95 bits per heavy atom. The summed E-state index contributed by atoms with van der Waals surface area (Å²) in [6.45, 7) is 10.7. The summed E-state index contributed by atoms with van der Waals surface area (Å²) in [5.41, 5.74) is 1.45. The highest BCUT2D eigenvalue weighted by Gasteiger charge is 2.27. The van der Waals surface area contributed by atoms with Crippen LogP contribution in [-0.4, -0.2) is 30.3 Å². The van der Waals surface area contributed by atoms with Gasteiger partial charge in [-0.25, -0.2) is 4.39 Å². The van der Waals surface area contributed by atoms with E-state index < -0.39 is 0 Å². The van der Waals surface area contributed by atoms with Crippen molar-refractivity contribution in [3.8, 4) is 0 Å². The van der Waals surface area contributed by atoms with Crippen LogP contribution in [0.25, 0.3) is 0 Å². The van der Waals surface area contributed by atoms with Crippen molar-refractivity contribution in [2.45, 2.75) is 46.5 Å². The van der Waals surface area contributed by atoms with Gasteiger partial charge in [-0.1, -0.05) is 32.9 Å². The molecule has 122 valence electrons. The quantitative estimate of drug-likeness (QED) is 0.813. The Hall–Kier alpha value is -1.22. The van der Waals surface area contributed by atoms with Gasteiger partial charge in [0.1, 0.15) is 11.6 Å². The van der Waals surface area contributed by atoms with Crippen LogP contribution in [0.4, 0.5) is 4.39 Å². The van der Waals surface area contributed by atoms with E-state index in [1.807, 2.05) is 19.9 Å². The highest BCUT2D eigenvalue weighted by atomic mass is 19.1. The molecule has 0 aromatic heterocycles. The van der Waals surface area contributed by atoms with Gasteiger partial charge in [0.2, 0.25) is 0 Å². The van der Waals surface area contributed by atoms with Gasteiger partial charge in [-0.2, -0.15) is 0 Å². The van der Waals surface area contributed by atoms with E-state index in [-0.39, 0.29) is 23.4 Å². The van der Waals surface area contributed by atoms with Gasteiger partial charge >= 0.3 is 0 Å². The van der Waals surface area contributed by atoms with E-state index in [1.165, 1.54) is 12.8 Å². The number of aryl methyl sites for hydroxylation is 1. The normalized spacial score (nSPS) is 18.6. The minimum absolute atomic E-state index is 0.0296. The van der Waals surface area contributed by atoms with Gasteiger partial charge in [0.25, 0.3) is 0 Å². The Bertz CT molecular complexity index is 518. The Kier molecular flexibility index (Phi) is 5.74. The monoisotopic (exact) mass is 305 g/mol. The van der Waals surface area contributed by atoms with Crippen LogP contribution in [0.2, 0.25) is 0 Å². The fourth-order valence-electron chi connectivity index (χ4n) is 3.09. The van der Waals surface area contributed by atoms with Crippen molar-refractivity contribution in [3.63, 3.8) is 0 Å². The number of halogens is 1. The number of rotatable bonds is 5. The van der Waals surface area contributed by atoms with Crippen LogP contribution in [0.15, 0.2) is 18.2 Å². The van der Waals surface area contributed by atoms with Crippen LogP contribution in [0.3, 0.4) is 0 Å². The predicted molar refractivity (Wildman–Crippen MR) is 88.6 cm³/mol. The summed E-state index contributed by atoms with van der Waals surface area (Å²) in [7, 11) is 0. The lowest BCUT2D eigenvalue weighted by molar-refractivity contribution is -0.123. The lowest BCUT2D eigenvalue weighted by Crippen LogP contribution is -2.38. The van der Waals surface area contributed by atoms with Gasteiger partial charge in [0.15, 0.2) is 0 Å². The first-order valence-electron chi connectivity index (χ1n) is 8.40. The minimum atomic E-state index is -0.219. The standard InChI is InChI=1S/C19H28FNO/c1-13(2)19(22)17(12-21-9-7-14(3)8-10-21)16-6-5-15(4)18(20)11-16/h5-6,11,13-14,17H,7-10,12H2,1-4H3/t17-/m0/s1. The lowest BCUT2D eigenvalue weighted by atomic mass is 9.87. The molecule has 2 rings (SSSR count).